The van der Waals surface area contributed by atoms with Crippen molar-refractivity contribution in [3.05, 3.63) is 72.6 Å². The molecule has 0 atom stereocenters. The molecule has 3 heterocycles. The minimum atomic E-state index is -0.316. The first kappa shape index (κ1) is 21.0. The van der Waals surface area contributed by atoms with Crippen LogP contribution in [0, 0.1) is 0 Å². The summed E-state index contributed by atoms with van der Waals surface area (Å²) in [5.74, 6) is 2.01. The standard InChI is InChI=1S/C23H22N6O3/c1-15(2)29-14-24-28-22(29)18-9-5-10-19(25-18)26-23(30)16-7-4-8-17(13-16)32-21-12-6-11-20(27-21)31-3/h4-15H,1-3H3,(H,25,26,30). The molecule has 0 spiro atoms. The maximum absolute atomic E-state index is 12.8. The molecule has 0 aliphatic carbocycles. The highest BCUT2D eigenvalue weighted by molar-refractivity contribution is 6.04. The second-order valence-electron chi connectivity index (χ2n) is 7.17. The number of pyridine rings is 2. The molecule has 1 N–H and O–H groups in total. The van der Waals surface area contributed by atoms with Gasteiger partial charge in [0, 0.05) is 23.7 Å². The fourth-order valence-corrected chi connectivity index (χ4v) is 3.01. The number of amides is 1. The van der Waals surface area contributed by atoms with E-state index in [1.165, 1.54) is 7.11 Å². The monoisotopic (exact) mass is 430 g/mol. The van der Waals surface area contributed by atoms with Crippen molar-refractivity contribution in [2.45, 2.75) is 19.9 Å². The molecule has 9 heteroatoms. The Morgan fingerprint density at radius 1 is 1.00 bits per heavy atom. The molecule has 162 valence electrons. The van der Waals surface area contributed by atoms with Gasteiger partial charge in [-0.1, -0.05) is 18.2 Å². The summed E-state index contributed by atoms with van der Waals surface area (Å²) in [6.07, 6.45) is 1.66. The van der Waals surface area contributed by atoms with Gasteiger partial charge in [0.05, 0.1) is 7.11 Å². The first-order chi connectivity index (χ1) is 15.5. The van der Waals surface area contributed by atoms with Crippen LogP contribution in [0.3, 0.4) is 0 Å². The summed E-state index contributed by atoms with van der Waals surface area (Å²) in [5.41, 5.74) is 1.04. The van der Waals surface area contributed by atoms with Crippen LogP contribution in [0.2, 0.25) is 0 Å². The molecule has 3 aromatic heterocycles. The number of benzene rings is 1. The Bertz CT molecular complexity index is 1240. The number of carbonyl (C=O) groups excluding carboxylic acids is 1. The molecule has 0 radical (unpaired) electrons. The van der Waals surface area contributed by atoms with Gasteiger partial charge in [-0.3, -0.25) is 4.79 Å². The summed E-state index contributed by atoms with van der Waals surface area (Å²) in [6, 6.07) is 17.6. The SMILES string of the molecule is COc1cccc(Oc2cccc(C(=O)Nc3cccc(-c4nncn4C(C)C)n3)c2)n1. The zero-order valence-corrected chi connectivity index (χ0v) is 17.9. The molecule has 1 aromatic carbocycles. The predicted molar refractivity (Wildman–Crippen MR) is 119 cm³/mol. The van der Waals surface area contributed by atoms with Gasteiger partial charge in [0.15, 0.2) is 5.82 Å². The summed E-state index contributed by atoms with van der Waals surface area (Å²) in [6.45, 7) is 4.07. The third-order valence-corrected chi connectivity index (χ3v) is 4.57. The van der Waals surface area contributed by atoms with Gasteiger partial charge in [0.25, 0.3) is 5.91 Å². The van der Waals surface area contributed by atoms with Crippen LogP contribution >= 0.6 is 0 Å². The van der Waals surface area contributed by atoms with Gasteiger partial charge in [-0.15, -0.1) is 10.2 Å². The highest BCUT2D eigenvalue weighted by atomic mass is 16.5. The van der Waals surface area contributed by atoms with Crippen molar-refractivity contribution in [2.24, 2.45) is 0 Å². The number of hydrogen-bond acceptors (Lipinski definition) is 7. The van der Waals surface area contributed by atoms with Crippen LogP contribution in [0.1, 0.15) is 30.2 Å². The van der Waals surface area contributed by atoms with E-state index in [0.717, 1.165) is 0 Å². The number of rotatable bonds is 7. The van der Waals surface area contributed by atoms with Gasteiger partial charge in [-0.25, -0.2) is 4.98 Å². The number of aromatic nitrogens is 5. The lowest BCUT2D eigenvalue weighted by molar-refractivity contribution is 0.102. The molecule has 0 fully saturated rings. The summed E-state index contributed by atoms with van der Waals surface area (Å²) in [5, 5.41) is 10.9. The van der Waals surface area contributed by atoms with Gasteiger partial charge in [0.1, 0.15) is 23.6 Å². The zero-order chi connectivity index (χ0) is 22.5. The molecule has 32 heavy (non-hydrogen) atoms. The third kappa shape index (κ3) is 4.72. The number of carbonyl (C=O) groups is 1. The number of anilines is 1. The first-order valence-electron chi connectivity index (χ1n) is 10.0. The maximum Gasteiger partial charge on any atom is 0.256 e. The molecular weight excluding hydrogens is 408 g/mol. The topological polar surface area (TPSA) is 104 Å². The Kier molecular flexibility index (Phi) is 6.07. The lowest BCUT2D eigenvalue weighted by atomic mass is 10.2. The van der Waals surface area contributed by atoms with E-state index in [1.54, 1.807) is 54.9 Å². The van der Waals surface area contributed by atoms with E-state index >= 15 is 0 Å². The molecular formula is C23H22N6O3. The molecule has 0 aliphatic rings. The molecule has 0 aliphatic heterocycles. The smallest absolute Gasteiger partial charge is 0.256 e. The van der Waals surface area contributed by atoms with Crippen molar-refractivity contribution < 1.29 is 14.3 Å². The number of ether oxygens (including phenoxy) is 2. The highest BCUT2D eigenvalue weighted by Crippen LogP contribution is 2.23. The average Bonchev–Trinajstić information content (AvgIpc) is 3.30. The summed E-state index contributed by atoms with van der Waals surface area (Å²) in [7, 11) is 1.53. The van der Waals surface area contributed by atoms with E-state index in [2.05, 4.69) is 25.5 Å². The van der Waals surface area contributed by atoms with Crippen LogP contribution in [0.5, 0.6) is 17.5 Å². The second-order valence-corrected chi connectivity index (χ2v) is 7.17. The van der Waals surface area contributed by atoms with Gasteiger partial charge in [0.2, 0.25) is 11.8 Å². The highest BCUT2D eigenvalue weighted by Gasteiger charge is 2.13. The molecule has 1 amide bonds. The summed E-state index contributed by atoms with van der Waals surface area (Å²) in [4.78, 5) is 21.6. The molecule has 4 rings (SSSR count). The van der Waals surface area contributed by atoms with Crippen molar-refractivity contribution in [1.29, 1.82) is 0 Å². The van der Waals surface area contributed by atoms with Gasteiger partial charge in [-0.05, 0) is 44.2 Å². The number of nitrogens with one attached hydrogen (secondary N) is 1. The summed E-state index contributed by atoms with van der Waals surface area (Å²) >= 11 is 0. The minimum Gasteiger partial charge on any atom is -0.481 e. The fraction of sp³-hybridized carbons (Fsp3) is 0.174. The molecule has 0 saturated carbocycles. The van der Waals surface area contributed by atoms with Gasteiger partial charge < -0.3 is 19.4 Å². The minimum absolute atomic E-state index is 0.182. The van der Waals surface area contributed by atoms with Crippen LogP contribution in [0.15, 0.2) is 67.0 Å². The molecule has 0 saturated heterocycles. The van der Waals surface area contributed by atoms with Crippen molar-refractivity contribution in [3.8, 4) is 29.0 Å². The fourth-order valence-electron chi connectivity index (χ4n) is 3.01. The number of hydrogen-bond donors (Lipinski definition) is 1. The second kappa shape index (κ2) is 9.25. The van der Waals surface area contributed by atoms with Gasteiger partial charge >= 0.3 is 0 Å². The third-order valence-electron chi connectivity index (χ3n) is 4.57. The van der Waals surface area contributed by atoms with E-state index in [4.69, 9.17) is 9.47 Å². The van der Waals surface area contributed by atoms with Crippen molar-refractivity contribution in [3.63, 3.8) is 0 Å². The van der Waals surface area contributed by atoms with Crippen LogP contribution in [-0.4, -0.2) is 37.7 Å². The molecule has 0 bridgehead atoms. The Hall–Kier alpha value is -4.27. The average molecular weight is 430 g/mol. The first-order valence-corrected chi connectivity index (χ1v) is 10.0. The Labute approximate surface area is 185 Å². The predicted octanol–water partition coefficient (Wildman–Crippen LogP) is 4.37. The normalized spacial score (nSPS) is 10.8. The van der Waals surface area contributed by atoms with Crippen molar-refractivity contribution in [1.82, 2.24) is 24.7 Å². The van der Waals surface area contributed by atoms with E-state index in [0.29, 0.717) is 40.4 Å². The lowest BCUT2D eigenvalue weighted by Gasteiger charge is -2.11. The number of nitrogens with zero attached hydrogens (tertiary/aromatic N) is 5. The Morgan fingerprint density at radius 3 is 2.59 bits per heavy atom. The number of methoxy groups -OCH3 is 1. The van der Waals surface area contributed by atoms with Gasteiger partial charge in [-0.2, -0.15) is 4.98 Å². The van der Waals surface area contributed by atoms with E-state index in [1.807, 2.05) is 30.5 Å². The van der Waals surface area contributed by atoms with E-state index in [-0.39, 0.29) is 11.9 Å². The maximum atomic E-state index is 12.8. The van der Waals surface area contributed by atoms with Crippen LogP contribution in [-0.2, 0) is 0 Å². The largest absolute Gasteiger partial charge is 0.481 e. The van der Waals surface area contributed by atoms with E-state index < -0.39 is 0 Å². The quantitative estimate of drug-likeness (QED) is 0.464. The molecule has 4 aromatic rings. The molecule has 0 unspecified atom stereocenters. The van der Waals surface area contributed by atoms with Crippen LogP contribution < -0.4 is 14.8 Å². The van der Waals surface area contributed by atoms with Crippen LogP contribution in [0.4, 0.5) is 5.82 Å². The zero-order valence-electron chi connectivity index (χ0n) is 17.9. The summed E-state index contributed by atoms with van der Waals surface area (Å²) < 4.78 is 12.8. The molecule has 9 nitrogen and oxygen atoms in total. The Morgan fingerprint density at radius 2 is 1.78 bits per heavy atom. The van der Waals surface area contributed by atoms with E-state index in [9.17, 15) is 4.79 Å². The lowest BCUT2D eigenvalue weighted by Crippen LogP contribution is -2.13. The van der Waals surface area contributed by atoms with Crippen LogP contribution in [0.25, 0.3) is 11.5 Å². The van der Waals surface area contributed by atoms with Crippen molar-refractivity contribution in [2.75, 3.05) is 12.4 Å². The Balaban J connectivity index is 1.51. The van der Waals surface area contributed by atoms with Crippen molar-refractivity contribution >= 4 is 11.7 Å².